The summed E-state index contributed by atoms with van der Waals surface area (Å²) < 4.78 is 26.9. The summed E-state index contributed by atoms with van der Waals surface area (Å²) in [6, 6.07) is 1.52. The average Bonchev–Trinajstić information content (AvgIpc) is 2.70. The van der Waals surface area contributed by atoms with Crippen LogP contribution in [0.1, 0.15) is 32.1 Å². The number of aliphatic hydroxyl groups is 1. The molecule has 0 radical (unpaired) electrons. The van der Waals surface area contributed by atoms with E-state index in [1.54, 1.807) is 7.05 Å². The number of hydrogen-bond acceptors (Lipinski definition) is 4. The Labute approximate surface area is 121 Å². The zero-order valence-corrected chi connectivity index (χ0v) is 14.1. The topological polar surface area (TPSA) is 57.6 Å². The van der Waals surface area contributed by atoms with Crippen molar-refractivity contribution in [1.82, 2.24) is 4.31 Å². The van der Waals surface area contributed by atoms with Crippen LogP contribution in [-0.4, -0.2) is 30.4 Å². The van der Waals surface area contributed by atoms with Gasteiger partial charge in [0.15, 0.2) is 0 Å². The van der Waals surface area contributed by atoms with E-state index < -0.39 is 15.6 Å². The summed E-state index contributed by atoms with van der Waals surface area (Å²) in [5.74, 6) is 0. The predicted molar refractivity (Wildman–Crippen MR) is 77.3 cm³/mol. The van der Waals surface area contributed by atoms with E-state index in [9.17, 15) is 8.42 Å². The van der Waals surface area contributed by atoms with E-state index in [2.05, 4.69) is 15.9 Å². The number of halogens is 1. The number of nitrogens with zero attached hydrogens (tertiary/aromatic N) is 1. The van der Waals surface area contributed by atoms with E-state index in [0.29, 0.717) is 8.66 Å². The Morgan fingerprint density at radius 3 is 2.44 bits per heavy atom. The molecule has 104 valence electrons. The van der Waals surface area contributed by atoms with E-state index in [-0.39, 0.29) is 11.5 Å². The maximum atomic E-state index is 12.5. The maximum Gasteiger partial charge on any atom is 0.245 e. The van der Waals surface area contributed by atoms with Gasteiger partial charge in [0.1, 0.15) is 4.90 Å². The van der Waals surface area contributed by atoms with Gasteiger partial charge in [-0.2, -0.15) is 4.31 Å². The highest BCUT2D eigenvalue weighted by Gasteiger charge is 2.34. The van der Waals surface area contributed by atoms with Crippen LogP contribution in [0.2, 0.25) is 0 Å². The molecule has 0 unspecified atom stereocenters. The van der Waals surface area contributed by atoms with Crippen molar-refractivity contribution in [2.75, 3.05) is 7.05 Å². The van der Waals surface area contributed by atoms with Gasteiger partial charge < -0.3 is 5.11 Å². The average molecular weight is 356 g/mol. The minimum atomic E-state index is -3.54. The second-order valence-corrected chi connectivity index (χ2v) is 9.04. The molecule has 4 nitrogen and oxygen atoms in total. The molecule has 0 atom stereocenters. The third-order valence-corrected chi connectivity index (χ3v) is 7.52. The first kappa shape index (κ1) is 16.1. The Kier molecular flexibility index (Phi) is 4.99. The molecule has 7 heteroatoms. The lowest BCUT2D eigenvalue weighted by Crippen LogP contribution is -2.44. The predicted octanol–water partition coefficient (Wildman–Crippen LogP) is 2.81. The summed E-state index contributed by atoms with van der Waals surface area (Å²) in [5.41, 5.74) is -0.445. The molecule has 0 saturated carbocycles. The van der Waals surface area contributed by atoms with Gasteiger partial charge >= 0.3 is 0 Å². The number of sulfonamides is 1. The molecule has 1 aromatic heterocycles. The molecular formula is C11H18BrNO3S2. The molecule has 1 rings (SSSR count). The largest absolute Gasteiger partial charge is 0.391 e. The normalized spacial score (nSPS) is 13.3. The Balaban J connectivity index is 3.25. The van der Waals surface area contributed by atoms with Crippen molar-refractivity contribution in [3.63, 3.8) is 0 Å². The van der Waals surface area contributed by atoms with Crippen molar-refractivity contribution in [2.24, 2.45) is 0 Å². The van der Waals surface area contributed by atoms with Crippen LogP contribution in [0.25, 0.3) is 0 Å². The van der Waals surface area contributed by atoms with Gasteiger partial charge in [0.05, 0.1) is 10.4 Å². The quantitative estimate of drug-likeness (QED) is 0.883. The second kappa shape index (κ2) is 5.58. The van der Waals surface area contributed by atoms with Gasteiger partial charge in [-0.25, -0.2) is 8.42 Å². The van der Waals surface area contributed by atoms with Crippen molar-refractivity contribution >= 4 is 37.3 Å². The fourth-order valence-corrected chi connectivity index (χ4v) is 5.41. The molecular weight excluding hydrogens is 338 g/mol. The first-order valence-corrected chi connectivity index (χ1v) is 8.60. The molecule has 0 aromatic carbocycles. The lowest BCUT2D eigenvalue weighted by Gasteiger charge is -2.33. The molecule has 0 aliphatic carbocycles. The summed E-state index contributed by atoms with van der Waals surface area (Å²) in [5, 5.41) is 9.07. The van der Waals surface area contributed by atoms with Gasteiger partial charge in [0.2, 0.25) is 10.0 Å². The van der Waals surface area contributed by atoms with Crippen molar-refractivity contribution in [2.45, 2.75) is 44.2 Å². The molecule has 0 spiro atoms. The fraction of sp³-hybridized carbons (Fsp3) is 0.636. The van der Waals surface area contributed by atoms with Crippen molar-refractivity contribution in [1.29, 1.82) is 0 Å². The summed E-state index contributed by atoms with van der Waals surface area (Å²) in [6.07, 6.45) is 0.720. The van der Waals surface area contributed by atoms with Gasteiger partial charge in [0.25, 0.3) is 0 Å². The summed E-state index contributed by atoms with van der Waals surface area (Å²) in [4.78, 5) is 0.851. The van der Waals surface area contributed by atoms with E-state index in [1.807, 2.05) is 20.8 Å². The molecule has 0 fully saturated rings. The Hall–Kier alpha value is 0.0500. The van der Waals surface area contributed by atoms with Crippen LogP contribution in [0.4, 0.5) is 0 Å². The molecule has 0 aliphatic rings. The van der Waals surface area contributed by atoms with Gasteiger partial charge in [-0.3, -0.25) is 0 Å². The third kappa shape index (κ3) is 2.96. The van der Waals surface area contributed by atoms with Crippen LogP contribution in [0.5, 0.6) is 0 Å². The standard InChI is InChI=1S/C11H18BrNO3S2/c1-5-11(2,3)13(4)18(15,16)9-6-8(7-14)17-10(9)12/h6,14H,5,7H2,1-4H3. The molecule has 1 heterocycles. The number of thiophene rings is 1. The maximum absolute atomic E-state index is 12.5. The van der Waals surface area contributed by atoms with Crippen LogP contribution < -0.4 is 0 Å². The molecule has 0 bridgehead atoms. The Morgan fingerprint density at radius 1 is 1.50 bits per heavy atom. The summed E-state index contributed by atoms with van der Waals surface area (Å²) in [7, 11) is -1.96. The fourth-order valence-electron chi connectivity index (χ4n) is 1.35. The first-order chi connectivity index (χ1) is 8.16. The Bertz CT molecular complexity index is 522. The Morgan fingerprint density at radius 2 is 2.06 bits per heavy atom. The van der Waals surface area contributed by atoms with E-state index >= 15 is 0 Å². The molecule has 1 N–H and O–H groups in total. The highest BCUT2D eigenvalue weighted by atomic mass is 79.9. The highest BCUT2D eigenvalue weighted by molar-refractivity contribution is 9.11. The van der Waals surface area contributed by atoms with Gasteiger partial charge in [-0.15, -0.1) is 11.3 Å². The highest BCUT2D eigenvalue weighted by Crippen LogP contribution is 2.35. The molecule has 0 saturated heterocycles. The van der Waals surface area contributed by atoms with Gasteiger partial charge in [-0.1, -0.05) is 6.92 Å². The molecule has 0 amide bonds. The van der Waals surface area contributed by atoms with Crippen molar-refractivity contribution in [3.8, 4) is 0 Å². The second-order valence-electron chi connectivity index (χ2n) is 4.65. The van der Waals surface area contributed by atoms with Crippen molar-refractivity contribution < 1.29 is 13.5 Å². The smallest absolute Gasteiger partial charge is 0.245 e. The van der Waals surface area contributed by atoms with E-state index in [4.69, 9.17) is 5.11 Å². The molecule has 1 aromatic rings. The zero-order chi connectivity index (χ0) is 14.1. The lowest BCUT2D eigenvalue weighted by molar-refractivity contribution is 0.257. The molecule has 18 heavy (non-hydrogen) atoms. The van der Waals surface area contributed by atoms with Crippen LogP contribution in [0, 0.1) is 0 Å². The summed E-state index contributed by atoms with van der Waals surface area (Å²) >= 11 is 4.49. The van der Waals surface area contributed by atoms with E-state index in [0.717, 1.165) is 6.42 Å². The number of rotatable bonds is 5. The van der Waals surface area contributed by atoms with E-state index in [1.165, 1.54) is 21.7 Å². The van der Waals surface area contributed by atoms with Crippen molar-refractivity contribution in [3.05, 3.63) is 14.7 Å². The minimum Gasteiger partial charge on any atom is -0.391 e. The monoisotopic (exact) mass is 355 g/mol. The minimum absolute atomic E-state index is 0.153. The first-order valence-electron chi connectivity index (χ1n) is 5.55. The van der Waals surface area contributed by atoms with Gasteiger partial charge in [-0.05, 0) is 42.3 Å². The van der Waals surface area contributed by atoms with Crippen LogP contribution in [-0.2, 0) is 16.6 Å². The SMILES string of the molecule is CCC(C)(C)N(C)S(=O)(=O)c1cc(CO)sc1Br. The third-order valence-electron chi connectivity index (χ3n) is 3.22. The number of aliphatic hydroxyl groups excluding tert-OH is 1. The van der Waals surface area contributed by atoms with Crippen LogP contribution in [0.15, 0.2) is 14.7 Å². The van der Waals surface area contributed by atoms with Crippen LogP contribution in [0.3, 0.4) is 0 Å². The molecule has 0 aliphatic heterocycles. The zero-order valence-electron chi connectivity index (χ0n) is 10.9. The van der Waals surface area contributed by atoms with Gasteiger partial charge in [0, 0.05) is 17.5 Å². The van der Waals surface area contributed by atoms with Crippen LogP contribution >= 0.6 is 27.3 Å². The lowest BCUT2D eigenvalue weighted by atomic mass is 10.0. The summed E-state index contributed by atoms with van der Waals surface area (Å²) in [6.45, 7) is 5.57. The number of hydrogen-bond donors (Lipinski definition) is 1.